The minimum absolute atomic E-state index is 0.317. The summed E-state index contributed by atoms with van der Waals surface area (Å²) >= 11 is 0. The number of rotatable bonds is 8. The highest BCUT2D eigenvalue weighted by Gasteiger charge is 2.46. The number of nitrogens with one attached hydrogen (secondary N) is 1. The summed E-state index contributed by atoms with van der Waals surface area (Å²) in [5.74, 6) is 0. The smallest absolute Gasteiger partial charge is 0.387 e. The largest absolute Gasteiger partial charge is 0.490 e. The van der Waals surface area contributed by atoms with E-state index in [4.69, 9.17) is 19.4 Å². The van der Waals surface area contributed by atoms with Crippen molar-refractivity contribution in [1.29, 1.82) is 0 Å². The number of hydrogen-bond donors (Lipinski definition) is 7. The minimum atomic E-state index is -5.68. The lowest BCUT2D eigenvalue weighted by molar-refractivity contribution is -0.0225. The summed E-state index contributed by atoms with van der Waals surface area (Å²) in [5, 5.41) is 20.2. The zero-order chi connectivity index (χ0) is 22.2. The first-order valence-electron chi connectivity index (χ1n) is 7.60. The number of aromatic nitrogens is 1. The molecule has 7 N–H and O–H groups in total. The third-order valence-electron chi connectivity index (χ3n) is 3.64. The highest BCUT2D eigenvalue weighted by Crippen LogP contribution is 2.66. The maximum Gasteiger partial charge on any atom is 0.490 e. The number of aliphatic hydroxyl groups excluding tert-OH is 2. The molecule has 2 rings (SSSR count). The Labute approximate surface area is 162 Å². The lowest BCUT2D eigenvalue weighted by Crippen LogP contribution is -2.33. The molecule has 1 aromatic heterocycles. The van der Waals surface area contributed by atoms with Gasteiger partial charge in [-0.1, -0.05) is 0 Å². The lowest BCUT2D eigenvalue weighted by Gasteiger charge is -2.19. The van der Waals surface area contributed by atoms with Gasteiger partial charge in [0.15, 0.2) is 0 Å². The molecule has 2 heterocycles. The van der Waals surface area contributed by atoms with Crippen molar-refractivity contribution in [3.8, 4) is 0 Å². The Morgan fingerprint density at radius 2 is 1.66 bits per heavy atom. The zero-order valence-corrected chi connectivity index (χ0v) is 17.1. The standard InChI is InChI=1S/C11H18NO14P3/c1-5-6(2-3-8(13)12-5)11-10(15)9(14)7(24-11)4-23-28(19,20)26-29(21,22)25-27(16,17)18/h2-3,7,9-11,14-15H,4H2,1H3,(H,12,13)(H,19,20)(H,21,22)(H2,16,17,18)/t7-,9?,10+,11+/m1/s1. The summed E-state index contributed by atoms with van der Waals surface area (Å²) < 4.78 is 50.4. The van der Waals surface area contributed by atoms with Gasteiger partial charge in [0.25, 0.3) is 0 Å². The average molecular weight is 481 g/mol. The van der Waals surface area contributed by atoms with E-state index in [2.05, 4.69) is 18.1 Å². The molecule has 1 aliphatic heterocycles. The molecule has 166 valence electrons. The number of phosphoric acid groups is 3. The minimum Gasteiger partial charge on any atom is -0.387 e. The van der Waals surface area contributed by atoms with Gasteiger partial charge in [-0.15, -0.1) is 0 Å². The molecule has 0 aliphatic carbocycles. The van der Waals surface area contributed by atoms with Gasteiger partial charge in [-0.05, 0) is 13.0 Å². The molecular weight excluding hydrogens is 463 g/mol. The van der Waals surface area contributed by atoms with Gasteiger partial charge < -0.3 is 39.5 Å². The second kappa shape index (κ2) is 8.77. The summed E-state index contributed by atoms with van der Waals surface area (Å²) in [6, 6.07) is 2.50. The van der Waals surface area contributed by atoms with Gasteiger partial charge in [0, 0.05) is 17.3 Å². The van der Waals surface area contributed by atoms with Gasteiger partial charge in [-0.25, -0.2) is 13.7 Å². The molecule has 1 aromatic rings. The van der Waals surface area contributed by atoms with E-state index in [1.54, 1.807) is 0 Å². The molecule has 18 heteroatoms. The quantitative estimate of drug-likeness (QED) is 0.225. The predicted molar refractivity (Wildman–Crippen MR) is 91.2 cm³/mol. The third kappa shape index (κ3) is 6.88. The van der Waals surface area contributed by atoms with Crippen LogP contribution in [-0.4, -0.2) is 59.7 Å². The fourth-order valence-electron chi connectivity index (χ4n) is 2.51. The third-order valence-corrected chi connectivity index (χ3v) is 7.45. The van der Waals surface area contributed by atoms with Crippen molar-refractivity contribution < 1.29 is 61.4 Å². The number of aromatic amines is 1. The van der Waals surface area contributed by atoms with E-state index in [1.807, 2.05) is 0 Å². The molecule has 15 nitrogen and oxygen atoms in total. The number of ether oxygens (including phenoxy) is 1. The number of hydrogen-bond acceptors (Lipinski definition) is 10. The van der Waals surface area contributed by atoms with Crippen LogP contribution in [0.5, 0.6) is 0 Å². The number of pyridine rings is 1. The molecule has 0 saturated carbocycles. The van der Waals surface area contributed by atoms with E-state index in [0.717, 1.165) is 6.07 Å². The SMILES string of the molecule is Cc1[nH]c(=O)ccc1[C@@H]1O[C@H](COP(=O)(O)OP(=O)(O)OP(=O)(O)O)C(O)[C@@H]1O. The van der Waals surface area contributed by atoms with Crippen molar-refractivity contribution in [2.24, 2.45) is 0 Å². The van der Waals surface area contributed by atoms with E-state index in [9.17, 15) is 33.6 Å². The molecule has 29 heavy (non-hydrogen) atoms. The van der Waals surface area contributed by atoms with Crippen LogP contribution in [0, 0.1) is 6.92 Å². The van der Waals surface area contributed by atoms with Crippen LogP contribution < -0.4 is 5.56 Å². The van der Waals surface area contributed by atoms with E-state index < -0.39 is 60.1 Å². The van der Waals surface area contributed by atoms with Gasteiger partial charge in [-0.2, -0.15) is 8.62 Å². The molecule has 0 spiro atoms. The molecule has 3 unspecified atom stereocenters. The Morgan fingerprint density at radius 3 is 2.21 bits per heavy atom. The number of aliphatic hydroxyl groups is 2. The molecule has 0 bridgehead atoms. The van der Waals surface area contributed by atoms with Crippen LogP contribution in [-0.2, 0) is 31.6 Å². The Kier molecular flexibility index (Phi) is 7.41. The highest BCUT2D eigenvalue weighted by atomic mass is 31.3. The molecular formula is C11H18NO14P3. The maximum absolute atomic E-state index is 11.7. The second-order valence-electron chi connectivity index (χ2n) is 5.87. The number of aryl methyl sites for hydroxylation is 1. The van der Waals surface area contributed by atoms with Crippen LogP contribution in [0.25, 0.3) is 0 Å². The van der Waals surface area contributed by atoms with Crippen LogP contribution in [0.2, 0.25) is 0 Å². The molecule has 0 amide bonds. The van der Waals surface area contributed by atoms with Gasteiger partial charge in [0.1, 0.15) is 24.4 Å². The van der Waals surface area contributed by atoms with Crippen molar-refractivity contribution in [2.75, 3.05) is 6.61 Å². The molecule has 0 radical (unpaired) electrons. The summed E-state index contributed by atoms with van der Waals surface area (Å²) in [4.78, 5) is 49.1. The highest BCUT2D eigenvalue weighted by molar-refractivity contribution is 7.66. The van der Waals surface area contributed by atoms with Gasteiger partial charge >= 0.3 is 23.5 Å². The van der Waals surface area contributed by atoms with Crippen LogP contribution in [0.3, 0.4) is 0 Å². The van der Waals surface area contributed by atoms with E-state index in [-0.39, 0.29) is 0 Å². The monoisotopic (exact) mass is 481 g/mol. The van der Waals surface area contributed by atoms with Crippen molar-refractivity contribution in [3.63, 3.8) is 0 Å². The molecule has 1 fully saturated rings. The van der Waals surface area contributed by atoms with Crippen LogP contribution in [0.15, 0.2) is 16.9 Å². The Bertz CT molecular complexity index is 941. The normalized spacial score (nSPS) is 29.3. The van der Waals surface area contributed by atoms with E-state index >= 15 is 0 Å². The van der Waals surface area contributed by atoms with Crippen molar-refractivity contribution in [3.05, 3.63) is 33.7 Å². The van der Waals surface area contributed by atoms with E-state index in [1.165, 1.54) is 13.0 Å². The lowest BCUT2D eigenvalue weighted by atomic mass is 10.0. The summed E-state index contributed by atoms with van der Waals surface area (Å²) in [7, 11) is -16.6. The second-order valence-corrected chi connectivity index (χ2v) is 10.3. The van der Waals surface area contributed by atoms with Crippen molar-refractivity contribution >= 4 is 23.5 Å². The molecule has 1 aliphatic rings. The van der Waals surface area contributed by atoms with Gasteiger partial charge in [-0.3, -0.25) is 9.32 Å². The summed E-state index contributed by atoms with van der Waals surface area (Å²) in [6.45, 7) is 0.583. The number of phosphoric ester groups is 1. The first kappa shape index (κ1) is 24.5. The van der Waals surface area contributed by atoms with Crippen LogP contribution in [0.1, 0.15) is 17.4 Å². The Morgan fingerprint density at radius 1 is 1.03 bits per heavy atom. The maximum atomic E-state index is 11.7. The fraction of sp³-hybridized carbons (Fsp3) is 0.545. The first-order chi connectivity index (χ1) is 13.1. The zero-order valence-electron chi connectivity index (χ0n) is 14.5. The van der Waals surface area contributed by atoms with Crippen molar-refractivity contribution in [2.45, 2.75) is 31.3 Å². The van der Waals surface area contributed by atoms with Crippen LogP contribution in [0.4, 0.5) is 0 Å². The molecule has 0 aromatic carbocycles. The van der Waals surface area contributed by atoms with Gasteiger partial charge in [0.05, 0.1) is 6.61 Å². The molecule has 1 saturated heterocycles. The predicted octanol–water partition coefficient (Wildman–Crippen LogP) is -0.812. The topological polar surface area (TPSA) is 242 Å². The summed E-state index contributed by atoms with van der Waals surface area (Å²) in [5.41, 5.74) is 0.239. The molecule has 6 atom stereocenters. The van der Waals surface area contributed by atoms with Crippen LogP contribution >= 0.6 is 23.5 Å². The Balaban J connectivity index is 2.05. The van der Waals surface area contributed by atoms with Crippen molar-refractivity contribution in [1.82, 2.24) is 4.98 Å². The van der Waals surface area contributed by atoms with Gasteiger partial charge in [0.2, 0.25) is 5.56 Å². The first-order valence-corrected chi connectivity index (χ1v) is 12.1. The average Bonchev–Trinajstić information content (AvgIpc) is 2.78. The number of H-pyrrole nitrogens is 1. The Hall–Kier alpha value is -0.760. The fourth-order valence-corrected chi connectivity index (χ4v) is 5.54. The van der Waals surface area contributed by atoms with E-state index in [0.29, 0.717) is 11.3 Å². The summed E-state index contributed by atoms with van der Waals surface area (Å²) in [6.07, 6.45) is -5.70.